The Morgan fingerprint density at radius 1 is 1.30 bits per heavy atom. The number of benzene rings is 1. The van der Waals surface area contributed by atoms with E-state index in [-0.39, 0.29) is 5.91 Å². The number of carbonyl (C=O) groups excluding carboxylic acids is 2. The van der Waals surface area contributed by atoms with Gasteiger partial charge in [-0.15, -0.1) is 0 Å². The number of carboxylic acid groups (broad SMARTS) is 1. The maximum atomic E-state index is 11.7. The normalized spacial score (nSPS) is 11.6. The van der Waals surface area contributed by atoms with Gasteiger partial charge in [0.05, 0.1) is 0 Å². The van der Waals surface area contributed by atoms with E-state index in [1.807, 2.05) is 6.92 Å². The van der Waals surface area contributed by atoms with E-state index in [0.29, 0.717) is 23.4 Å². The monoisotopic (exact) mass is 278 g/mol. The maximum Gasteiger partial charge on any atom is 0.315 e. The average molecular weight is 278 g/mol. The van der Waals surface area contributed by atoms with Crippen LogP contribution in [-0.4, -0.2) is 29.4 Å². The highest BCUT2D eigenvalue weighted by atomic mass is 16.4. The van der Waals surface area contributed by atoms with Crippen molar-refractivity contribution < 1.29 is 19.5 Å². The number of hydrogen-bond acceptors (Lipinski definition) is 3. The van der Waals surface area contributed by atoms with E-state index in [9.17, 15) is 14.4 Å². The van der Waals surface area contributed by atoms with E-state index in [1.54, 1.807) is 25.1 Å². The molecule has 2 amide bonds. The quantitative estimate of drug-likeness (QED) is 0.709. The molecular weight excluding hydrogens is 260 g/mol. The molecule has 0 aliphatic carbocycles. The van der Waals surface area contributed by atoms with E-state index in [1.165, 1.54) is 6.92 Å². The van der Waals surface area contributed by atoms with Gasteiger partial charge in [-0.3, -0.25) is 14.4 Å². The molecule has 1 atom stereocenters. The molecule has 0 spiro atoms. The van der Waals surface area contributed by atoms with Crippen LogP contribution in [0.25, 0.3) is 0 Å². The van der Waals surface area contributed by atoms with Gasteiger partial charge in [0.2, 0.25) is 5.91 Å². The number of rotatable bonds is 5. The third-order valence-electron chi connectivity index (χ3n) is 2.85. The van der Waals surface area contributed by atoms with E-state index in [0.717, 1.165) is 0 Å². The summed E-state index contributed by atoms with van der Waals surface area (Å²) in [6, 6.07) is 4.82. The molecule has 1 unspecified atom stereocenters. The second-order valence-electron chi connectivity index (χ2n) is 4.44. The summed E-state index contributed by atoms with van der Waals surface area (Å²) in [5.41, 5.74) is 1.68. The molecule has 0 fully saturated rings. The molecular formula is C14H18N2O4. The minimum atomic E-state index is -1.18. The van der Waals surface area contributed by atoms with Crippen LogP contribution < -0.4 is 10.6 Å². The number of carbonyl (C=O) groups is 3. The van der Waals surface area contributed by atoms with E-state index in [4.69, 9.17) is 5.11 Å². The fraction of sp³-hybridized carbons (Fsp3) is 0.357. The van der Waals surface area contributed by atoms with Crippen LogP contribution in [0, 0.1) is 12.8 Å². The van der Waals surface area contributed by atoms with Crippen LogP contribution in [0.15, 0.2) is 18.2 Å². The van der Waals surface area contributed by atoms with Gasteiger partial charge in [-0.25, -0.2) is 0 Å². The van der Waals surface area contributed by atoms with E-state index in [2.05, 4.69) is 10.6 Å². The number of nitrogens with one attached hydrogen (secondary N) is 2. The molecule has 0 saturated carbocycles. The first-order valence-corrected chi connectivity index (χ1v) is 6.29. The van der Waals surface area contributed by atoms with Crippen LogP contribution in [0.2, 0.25) is 0 Å². The van der Waals surface area contributed by atoms with Crippen molar-refractivity contribution >= 4 is 23.5 Å². The SMILES string of the molecule is CCNC(=O)c1ccc(NC(=O)C(C)C(=O)O)c(C)c1. The molecule has 3 N–H and O–H groups in total. The van der Waals surface area contributed by atoms with Crippen molar-refractivity contribution in [3.05, 3.63) is 29.3 Å². The van der Waals surface area contributed by atoms with Gasteiger partial charge in [-0.2, -0.15) is 0 Å². The molecule has 0 radical (unpaired) electrons. The Bertz CT molecular complexity index is 540. The molecule has 108 valence electrons. The molecule has 1 rings (SSSR count). The Balaban J connectivity index is 2.86. The number of anilines is 1. The fourth-order valence-electron chi connectivity index (χ4n) is 1.56. The predicted octanol–water partition coefficient (Wildman–Crippen LogP) is 1.40. The van der Waals surface area contributed by atoms with Crippen molar-refractivity contribution in [1.82, 2.24) is 5.32 Å². The highest BCUT2D eigenvalue weighted by Crippen LogP contribution is 2.17. The number of aryl methyl sites for hydroxylation is 1. The summed E-state index contributed by atoms with van der Waals surface area (Å²) in [7, 11) is 0. The lowest BCUT2D eigenvalue weighted by Crippen LogP contribution is -2.27. The minimum absolute atomic E-state index is 0.188. The number of amides is 2. The molecule has 0 aliphatic rings. The van der Waals surface area contributed by atoms with Gasteiger partial charge in [-0.1, -0.05) is 0 Å². The van der Waals surface area contributed by atoms with Gasteiger partial charge >= 0.3 is 5.97 Å². The molecule has 1 aromatic rings. The predicted molar refractivity (Wildman–Crippen MR) is 74.6 cm³/mol. The zero-order valence-electron chi connectivity index (χ0n) is 11.7. The maximum absolute atomic E-state index is 11.7. The van der Waals surface area contributed by atoms with Gasteiger partial charge in [0.15, 0.2) is 0 Å². The molecule has 20 heavy (non-hydrogen) atoms. The third-order valence-corrected chi connectivity index (χ3v) is 2.85. The Kier molecular flexibility index (Phi) is 5.25. The van der Waals surface area contributed by atoms with Gasteiger partial charge in [0.25, 0.3) is 5.91 Å². The topological polar surface area (TPSA) is 95.5 Å². The minimum Gasteiger partial charge on any atom is -0.481 e. The van der Waals surface area contributed by atoms with E-state index < -0.39 is 17.8 Å². The fourth-order valence-corrected chi connectivity index (χ4v) is 1.56. The molecule has 6 nitrogen and oxygen atoms in total. The number of hydrogen-bond donors (Lipinski definition) is 3. The smallest absolute Gasteiger partial charge is 0.315 e. The van der Waals surface area contributed by atoms with Crippen LogP contribution in [0.3, 0.4) is 0 Å². The second kappa shape index (κ2) is 6.70. The summed E-state index contributed by atoms with van der Waals surface area (Å²) in [5, 5.41) is 14.0. The Labute approximate surface area is 117 Å². The van der Waals surface area contributed by atoms with Gasteiger partial charge in [0.1, 0.15) is 5.92 Å². The summed E-state index contributed by atoms with van der Waals surface area (Å²) < 4.78 is 0. The number of carboxylic acids is 1. The Hall–Kier alpha value is -2.37. The van der Waals surface area contributed by atoms with Gasteiger partial charge < -0.3 is 15.7 Å². The van der Waals surface area contributed by atoms with Gasteiger partial charge in [0, 0.05) is 17.8 Å². The van der Waals surface area contributed by atoms with Crippen molar-refractivity contribution in [3.8, 4) is 0 Å². The van der Waals surface area contributed by atoms with Crippen LogP contribution in [0.4, 0.5) is 5.69 Å². The first kappa shape index (κ1) is 15.7. The number of aliphatic carboxylic acids is 1. The van der Waals surface area contributed by atoms with Crippen molar-refractivity contribution in [2.75, 3.05) is 11.9 Å². The lowest BCUT2D eigenvalue weighted by Gasteiger charge is -2.12. The summed E-state index contributed by atoms with van der Waals surface area (Å²) in [6.45, 7) is 5.42. The van der Waals surface area contributed by atoms with E-state index >= 15 is 0 Å². The molecule has 1 aromatic carbocycles. The summed E-state index contributed by atoms with van der Waals surface area (Å²) in [4.78, 5) is 34.0. The summed E-state index contributed by atoms with van der Waals surface area (Å²) in [6.07, 6.45) is 0. The average Bonchev–Trinajstić information content (AvgIpc) is 2.40. The molecule has 0 aliphatic heterocycles. The van der Waals surface area contributed by atoms with Crippen LogP contribution in [0.5, 0.6) is 0 Å². The first-order chi connectivity index (χ1) is 9.36. The zero-order chi connectivity index (χ0) is 15.3. The van der Waals surface area contributed by atoms with Crippen LogP contribution in [0.1, 0.15) is 29.8 Å². The second-order valence-corrected chi connectivity index (χ2v) is 4.44. The standard InChI is InChI=1S/C14H18N2O4/c1-4-15-13(18)10-5-6-11(8(2)7-10)16-12(17)9(3)14(19)20/h5-7,9H,4H2,1-3H3,(H,15,18)(H,16,17)(H,19,20). The van der Waals surface area contributed by atoms with Gasteiger partial charge in [-0.05, 0) is 44.5 Å². The summed E-state index contributed by atoms with van der Waals surface area (Å²) in [5.74, 6) is -3.09. The van der Waals surface area contributed by atoms with Crippen molar-refractivity contribution in [3.63, 3.8) is 0 Å². The molecule has 0 heterocycles. The first-order valence-electron chi connectivity index (χ1n) is 6.29. The lowest BCUT2D eigenvalue weighted by atomic mass is 10.1. The Morgan fingerprint density at radius 2 is 1.95 bits per heavy atom. The highest BCUT2D eigenvalue weighted by Gasteiger charge is 2.21. The largest absolute Gasteiger partial charge is 0.481 e. The molecule has 0 saturated heterocycles. The van der Waals surface area contributed by atoms with Crippen molar-refractivity contribution in [2.45, 2.75) is 20.8 Å². The lowest BCUT2D eigenvalue weighted by molar-refractivity contribution is -0.144. The highest BCUT2D eigenvalue weighted by molar-refractivity contribution is 6.04. The molecule has 0 bridgehead atoms. The van der Waals surface area contributed by atoms with Crippen molar-refractivity contribution in [1.29, 1.82) is 0 Å². The molecule has 0 aromatic heterocycles. The zero-order valence-corrected chi connectivity index (χ0v) is 11.7. The molecule has 6 heteroatoms. The van der Waals surface area contributed by atoms with Crippen molar-refractivity contribution in [2.24, 2.45) is 5.92 Å². The van der Waals surface area contributed by atoms with Crippen LogP contribution in [-0.2, 0) is 9.59 Å². The van der Waals surface area contributed by atoms with Crippen LogP contribution >= 0.6 is 0 Å². The Morgan fingerprint density at radius 3 is 2.45 bits per heavy atom. The third kappa shape index (κ3) is 3.81. The summed E-state index contributed by atoms with van der Waals surface area (Å²) >= 11 is 0.